The molecule has 0 radical (unpaired) electrons. The lowest BCUT2D eigenvalue weighted by Crippen LogP contribution is -2.44. The second-order valence-electron chi connectivity index (χ2n) is 2.75. The van der Waals surface area contributed by atoms with Crippen molar-refractivity contribution in [2.45, 2.75) is 19.4 Å². The standard InChI is InChI=1S/C7H11N5O2S/c1-2-4(6(8)11-14)9-7(13)5-3-15-12-10-5/h3-4,14H,2H2,1H3,(H2,8,11)(H,9,13). The van der Waals surface area contributed by atoms with Crippen LogP contribution in [0.25, 0.3) is 0 Å². The molecular weight excluding hydrogens is 218 g/mol. The number of carbonyl (C=O) groups excluding carboxylic acids is 1. The van der Waals surface area contributed by atoms with Crippen LogP contribution in [-0.4, -0.2) is 32.6 Å². The fraction of sp³-hybridized carbons (Fsp3) is 0.429. The Kier molecular flexibility index (Phi) is 3.98. The van der Waals surface area contributed by atoms with Crippen molar-refractivity contribution in [2.24, 2.45) is 10.9 Å². The number of amides is 1. The molecule has 0 aliphatic carbocycles. The van der Waals surface area contributed by atoms with Gasteiger partial charge in [0.25, 0.3) is 5.91 Å². The Morgan fingerprint density at radius 2 is 2.60 bits per heavy atom. The van der Waals surface area contributed by atoms with Crippen LogP contribution in [0.4, 0.5) is 0 Å². The average Bonchev–Trinajstić information content (AvgIpc) is 2.77. The highest BCUT2D eigenvalue weighted by Gasteiger charge is 2.17. The fourth-order valence-corrected chi connectivity index (χ4v) is 1.39. The summed E-state index contributed by atoms with van der Waals surface area (Å²) in [5.41, 5.74) is 5.61. The summed E-state index contributed by atoms with van der Waals surface area (Å²) in [6, 6.07) is -0.496. The van der Waals surface area contributed by atoms with Crippen LogP contribution in [0.2, 0.25) is 0 Å². The predicted octanol–water partition coefficient (Wildman–Crippen LogP) is -0.207. The minimum Gasteiger partial charge on any atom is -0.409 e. The van der Waals surface area contributed by atoms with E-state index < -0.39 is 6.04 Å². The lowest BCUT2D eigenvalue weighted by molar-refractivity contribution is 0.0940. The summed E-state index contributed by atoms with van der Waals surface area (Å²) >= 11 is 1.08. The van der Waals surface area contributed by atoms with Crippen LogP contribution in [0.3, 0.4) is 0 Å². The highest BCUT2D eigenvalue weighted by Crippen LogP contribution is 1.99. The third-order valence-corrected chi connectivity index (χ3v) is 2.28. The number of rotatable bonds is 4. The van der Waals surface area contributed by atoms with E-state index in [1.54, 1.807) is 0 Å². The molecule has 0 fully saturated rings. The van der Waals surface area contributed by atoms with Crippen molar-refractivity contribution < 1.29 is 10.0 Å². The van der Waals surface area contributed by atoms with Gasteiger partial charge >= 0.3 is 0 Å². The largest absolute Gasteiger partial charge is 0.409 e. The molecule has 0 aromatic carbocycles. The minimum atomic E-state index is -0.496. The SMILES string of the molecule is CCC(NC(=O)c1csnn1)C(N)=NO. The minimum absolute atomic E-state index is 0.0333. The molecule has 0 aliphatic heterocycles. The monoisotopic (exact) mass is 229 g/mol. The Hall–Kier alpha value is -1.70. The first-order chi connectivity index (χ1) is 7.19. The number of amidine groups is 1. The summed E-state index contributed by atoms with van der Waals surface area (Å²) in [5.74, 6) is -0.420. The first-order valence-corrected chi connectivity index (χ1v) is 5.08. The van der Waals surface area contributed by atoms with Crippen LogP contribution in [0.1, 0.15) is 23.8 Å². The number of nitrogens with one attached hydrogen (secondary N) is 1. The van der Waals surface area contributed by atoms with Gasteiger partial charge < -0.3 is 16.3 Å². The lowest BCUT2D eigenvalue weighted by Gasteiger charge is -2.13. The highest BCUT2D eigenvalue weighted by molar-refractivity contribution is 7.03. The molecule has 82 valence electrons. The van der Waals surface area contributed by atoms with E-state index in [2.05, 4.69) is 20.1 Å². The van der Waals surface area contributed by atoms with Crippen molar-refractivity contribution in [3.8, 4) is 0 Å². The molecule has 1 atom stereocenters. The van der Waals surface area contributed by atoms with Crippen LogP contribution in [0, 0.1) is 0 Å². The van der Waals surface area contributed by atoms with E-state index in [9.17, 15) is 4.79 Å². The Morgan fingerprint density at radius 1 is 1.87 bits per heavy atom. The number of oxime groups is 1. The molecule has 1 rings (SSSR count). The zero-order valence-corrected chi connectivity index (χ0v) is 8.86. The van der Waals surface area contributed by atoms with E-state index in [-0.39, 0.29) is 17.4 Å². The number of aromatic nitrogens is 2. The molecule has 0 bridgehead atoms. The normalized spacial score (nSPS) is 13.5. The van der Waals surface area contributed by atoms with Crippen molar-refractivity contribution in [2.75, 3.05) is 0 Å². The van der Waals surface area contributed by atoms with Gasteiger partial charge in [0.15, 0.2) is 11.5 Å². The molecular formula is C7H11N5O2S. The van der Waals surface area contributed by atoms with Crippen LogP contribution in [0.5, 0.6) is 0 Å². The van der Waals surface area contributed by atoms with Gasteiger partial charge in [0.05, 0.1) is 6.04 Å². The van der Waals surface area contributed by atoms with Gasteiger partial charge in [-0.05, 0) is 18.0 Å². The average molecular weight is 229 g/mol. The molecule has 1 amide bonds. The Bertz CT molecular complexity index is 350. The molecule has 0 saturated carbocycles. The van der Waals surface area contributed by atoms with Gasteiger partial charge in [0.1, 0.15) is 0 Å². The highest BCUT2D eigenvalue weighted by atomic mass is 32.1. The lowest BCUT2D eigenvalue weighted by atomic mass is 10.2. The van der Waals surface area contributed by atoms with Gasteiger partial charge in [-0.2, -0.15) is 0 Å². The predicted molar refractivity (Wildman–Crippen MR) is 54.9 cm³/mol. The van der Waals surface area contributed by atoms with Gasteiger partial charge in [-0.3, -0.25) is 4.79 Å². The van der Waals surface area contributed by atoms with Crippen molar-refractivity contribution in [1.82, 2.24) is 14.9 Å². The topological polar surface area (TPSA) is 113 Å². The molecule has 1 aromatic heterocycles. The van der Waals surface area contributed by atoms with Crippen LogP contribution < -0.4 is 11.1 Å². The van der Waals surface area contributed by atoms with Gasteiger partial charge in [0.2, 0.25) is 0 Å². The summed E-state index contributed by atoms with van der Waals surface area (Å²) in [5, 5.41) is 19.0. The summed E-state index contributed by atoms with van der Waals surface area (Å²) < 4.78 is 3.56. The molecule has 8 heteroatoms. The number of nitrogens with two attached hydrogens (primary N) is 1. The summed E-state index contributed by atoms with van der Waals surface area (Å²) in [6.45, 7) is 1.81. The van der Waals surface area contributed by atoms with E-state index in [0.29, 0.717) is 6.42 Å². The fourth-order valence-electron chi connectivity index (χ4n) is 0.951. The summed E-state index contributed by atoms with van der Waals surface area (Å²) in [4.78, 5) is 11.5. The first kappa shape index (κ1) is 11.4. The Morgan fingerprint density at radius 3 is 3.07 bits per heavy atom. The Labute approximate surface area is 90.1 Å². The maximum absolute atomic E-state index is 11.5. The third-order valence-electron chi connectivity index (χ3n) is 1.78. The number of hydrogen-bond donors (Lipinski definition) is 3. The zero-order chi connectivity index (χ0) is 11.3. The number of nitrogens with zero attached hydrogens (tertiary/aromatic N) is 3. The van der Waals surface area contributed by atoms with E-state index in [0.717, 1.165) is 11.5 Å². The zero-order valence-electron chi connectivity index (χ0n) is 8.04. The van der Waals surface area contributed by atoms with E-state index in [1.807, 2.05) is 6.92 Å². The molecule has 0 spiro atoms. The summed E-state index contributed by atoms with van der Waals surface area (Å²) in [7, 11) is 0. The molecule has 15 heavy (non-hydrogen) atoms. The summed E-state index contributed by atoms with van der Waals surface area (Å²) in [6.07, 6.45) is 0.527. The maximum atomic E-state index is 11.5. The molecule has 1 unspecified atom stereocenters. The number of hydrogen-bond acceptors (Lipinski definition) is 6. The van der Waals surface area contributed by atoms with Gasteiger partial charge in [-0.1, -0.05) is 16.6 Å². The van der Waals surface area contributed by atoms with Crippen LogP contribution in [-0.2, 0) is 0 Å². The van der Waals surface area contributed by atoms with E-state index >= 15 is 0 Å². The van der Waals surface area contributed by atoms with Crippen molar-refractivity contribution in [3.05, 3.63) is 11.1 Å². The molecule has 1 aromatic rings. The van der Waals surface area contributed by atoms with Crippen LogP contribution in [0.15, 0.2) is 10.5 Å². The molecule has 4 N–H and O–H groups in total. The first-order valence-electron chi connectivity index (χ1n) is 4.24. The second kappa shape index (κ2) is 5.25. The number of carbonyl (C=O) groups is 1. The molecule has 0 aliphatic rings. The van der Waals surface area contributed by atoms with Gasteiger partial charge in [-0.25, -0.2) is 0 Å². The van der Waals surface area contributed by atoms with Gasteiger partial charge in [-0.15, -0.1) is 5.10 Å². The van der Waals surface area contributed by atoms with Crippen molar-refractivity contribution in [1.29, 1.82) is 0 Å². The third kappa shape index (κ3) is 2.88. The molecule has 0 saturated heterocycles. The van der Waals surface area contributed by atoms with Crippen LogP contribution >= 0.6 is 11.5 Å². The quantitative estimate of drug-likeness (QED) is 0.286. The maximum Gasteiger partial charge on any atom is 0.273 e. The van der Waals surface area contributed by atoms with Crippen molar-refractivity contribution >= 4 is 23.3 Å². The Balaban J connectivity index is 2.64. The smallest absolute Gasteiger partial charge is 0.273 e. The molecule has 7 nitrogen and oxygen atoms in total. The van der Waals surface area contributed by atoms with E-state index in [4.69, 9.17) is 10.9 Å². The van der Waals surface area contributed by atoms with E-state index in [1.165, 1.54) is 5.38 Å². The molecule has 1 heterocycles. The second-order valence-corrected chi connectivity index (χ2v) is 3.36. The van der Waals surface area contributed by atoms with Gasteiger partial charge in [0, 0.05) is 5.38 Å². The van der Waals surface area contributed by atoms with Crippen molar-refractivity contribution in [3.63, 3.8) is 0 Å².